The van der Waals surface area contributed by atoms with Crippen molar-refractivity contribution in [1.29, 1.82) is 0 Å². The smallest absolute Gasteiger partial charge is 0.341 e. The maximum absolute atomic E-state index is 12.2. The Morgan fingerprint density at radius 3 is 2.87 bits per heavy atom. The minimum atomic E-state index is -0.379. The molecule has 0 bridgehead atoms. The van der Waals surface area contributed by atoms with Crippen molar-refractivity contribution >= 4 is 28.2 Å². The van der Waals surface area contributed by atoms with Gasteiger partial charge in [-0.3, -0.25) is 9.48 Å². The summed E-state index contributed by atoms with van der Waals surface area (Å²) in [6.07, 6.45) is 6.80. The van der Waals surface area contributed by atoms with E-state index in [1.165, 1.54) is 18.4 Å². The number of ether oxygens (including phenoxy) is 1. The third-order valence-electron chi connectivity index (χ3n) is 3.88. The Balaban J connectivity index is 1.67. The van der Waals surface area contributed by atoms with Gasteiger partial charge < -0.3 is 10.1 Å². The van der Waals surface area contributed by atoms with Crippen molar-refractivity contribution < 1.29 is 14.3 Å². The molecule has 1 aliphatic rings. The molecular weight excluding hydrogens is 314 g/mol. The van der Waals surface area contributed by atoms with Gasteiger partial charge in [-0.25, -0.2) is 4.79 Å². The predicted molar refractivity (Wildman–Crippen MR) is 87.8 cm³/mol. The monoisotopic (exact) mass is 333 g/mol. The second-order valence-electron chi connectivity index (χ2n) is 5.73. The van der Waals surface area contributed by atoms with Crippen LogP contribution in [-0.4, -0.2) is 28.8 Å². The third-order valence-corrected chi connectivity index (χ3v) is 4.79. The standard InChI is InChI=1S/C16H19N3O3S/c1-19-8-10(7-17-19)3-6-13(20)18-15-14(16(21)22-2)12(9-23-15)11-4-5-11/h7-9,11H,3-6H2,1-2H3,(H,18,20). The fourth-order valence-electron chi connectivity index (χ4n) is 2.52. The fourth-order valence-corrected chi connectivity index (χ4v) is 3.57. The molecule has 0 radical (unpaired) electrons. The molecule has 3 rings (SSSR count). The second-order valence-corrected chi connectivity index (χ2v) is 6.61. The Labute approximate surface area is 138 Å². The highest BCUT2D eigenvalue weighted by molar-refractivity contribution is 7.15. The van der Waals surface area contributed by atoms with Gasteiger partial charge in [-0.1, -0.05) is 0 Å². The van der Waals surface area contributed by atoms with E-state index in [4.69, 9.17) is 4.74 Å². The van der Waals surface area contributed by atoms with Crippen LogP contribution in [0.1, 0.15) is 46.7 Å². The normalized spacial score (nSPS) is 13.8. The van der Waals surface area contributed by atoms with Gasteiger partial charge in [-0.2, -0.15) is 5.10 Å². The quantitative estimate of drug-likeness (QED) is 0.825. The van der Waals surface area contributed by atoms with Gasteiger partial charge in [0.25, 0.3) is 0 Å². The Morgan fingerprint density at radius 2 is 2.26 bits per heavy atom. The summed E-state index contributed by atoms with van der Waals surface area (Å²) < 4.78 is 6.58. The number of rotatable bonds is 6. The van der Waals surface area contributed by atoms with Crippen LogP contribution in [0.5, 0.6) is 0 Å². The van der Waals surface area contributed by atoms with E-state index in [0.717, 1.165) is 24.0 Å². The van der Waals surface area contributed by atoms with E-state index >= 15 is 0 Å². The number of nitrogens with one attached hydrogen (secondary N) is 1. The summed E-state index contributed by atoms with van der Waals surface area (Å²) >= 11 is 1.39. The first-order chi connectivity index (χ1) is 11.1. The number of hydrogen-bond donors (Lipinski definition) is 1. The van der Waals surface area contributed by atoms with E-state index in [-0.39, 0.29) is 11.9 Å². The molecule has 0 aliphatic heterocycles. The number of thiophene rings is 1. The first-order valence-corrected chi connectivity index (χ1v) is 8.43. The average Bonchev–Trinajstić information content (AvgIpc) is 3.17. The van der Waals surface area contributed by atoms with Crippen molar-refractivity contribution in [3.05, 3.63) is 34.5 Å². The Hall–Kier alpha value is -2.15. The van der Waals surface area contributed by atoms with E-state index in [1.807, 2.05) is 18.6 Å². The first kappa shape index (κ1) is 15.7. The number of hydrogen-bond acceptors (Lipinski definition) is 5. The summed E-state index contributed by atoms with van der Waals surface area (Å²) in [5.74, 6) is -0.0553. The molecule has 2 aromatic rings. The minimum absolute atomic E-state index is 0.108. The number of aryl methyl sites for hydroxylation is 2. The molecule has 1 amide bonds. The Bertz CT molecular complexity index is 731. The van der Waals surface area contributed by atoms with E-state index in [9.17, 15) is 9.59 Å². The van der Waals surface area contributed by atoms with Crippen molar-refractivity contribution in [3.8, 4) is 0 Å². The summed E-state index contributed by atoms with van der Waals surface area (Å²) in [7, 11) is 3.21. The van der Waals surface area contributed by atoms with Gasteiger partial charge in [-0.15, -0.1) is 11.3 Å². The van der Waals surface area contributed by atoms with Crippen LogP contribution >= 0.6 is 11.3 Å². The molecule has 1 aliphatic carbocycles. The Morgan fingerprint density at radius 1 is 1.48 bits per heavy atom. The predicted octanol–water partition coefficient (Wildman–Crippen LogP) is 2.72. The maximum Gasteiger partial charge on any atom is 0.341 e. The zero-order chi connectivity index (χ0) is 16.4. The SMILES string of the molecule is COC(=O)c1c(C2CC2)csc1NC(=O)CCc1cnn(C)c1. The van der Waals surface area contributed by atoms with Gasteiger partial charge in [0.05, 0.1) is 18.9 Å². The van der Waals surface area contributed by atoms with Crippen molar-refractivity contribution in [2.45, 2.75) is 31.6 Å². The van der Waals surface area contributed by atoms with E-state index in [0.29, 0.717) is 29.3 Å². The van der Waals surface area contributed by atoms with E-state index < -0.39 is 0 Å². The maximum atomic E-state index is 12.2. The molecular formula is C16H19N3O3S. The van der Waals surface area contributed by atoms with Crippen LogP contribution in [-0.2, 0) is 23.0 Å². The molecule has 0 unspecified atom stereocenters. The van der Waals surface area contributed by atoms with Gasteiger partial charge in [0.2, 0.25) is 5.91 Å². The molecule has 2 heterocycles. The number of methoxy groups -OCH3 is 1. The van der Waals surface area contributed by atoms with Gasteiger partial charge in [0, 0.05) is 19.7 Å². The highest BCUT2D eigenvalue weighted by Crippen LogP contribution is 2.46. The van der Waals surface area contributed by atoms with Gasteiger partial charge in [0.15, 0.2) is 0 Å². The molecule has 1 N–H and O–H groups in total. The number of carbonyl (C=O) groups is 2. The first-order valence-electron chi connectivity index (χ1n) is 7.55. The lowest BCUT2D eigenvalue weighted by atomic mass is 10.1. The van der Waals surface area contributed by atoms with Crippen molar-refractivity contribution in [2.24, 2.45) is 7.05 Å². The topological polar surface area (TPSA) is 73.2 Å². The fraction of sp³-hybridized carbons (Fsp3) is 0.438. The van der Waals surface area contributed by atoms with E-state index in [1.54, 1.807) is 10.9 Å². The lowest BCUT2D eigenvalue weighted by Gasteiger charge is -2.07. The summed E-state index contributed by atoms with van der Waals surface area (Å²) in [6.45, 7) is 0. The largest absolute Gasteiger partial charge is 0.465 e. The van der Waals surface area contributed by atoms with Crippen LogP contribution in [0.3, 0.4) is 0 Å². The molecule has 122 valence electrons. The highest BCUT2D eigenvalue weighted by atomic mass is 32.1. The number of carbonyl (C=O) groups excluding carboxylic acids is 2. The molecule has 1 saturated carbocycles. The molecule has 1 fully saturated rings. The second kappa shape index (κ2) is 6.54. The lowest BCUT2D eigenvalue weighted by molar-refractivity contribution is -0.116. The third kappa shape index (κ3) is 3.61. The summed E-state index contributed by atoms with van der Waals surface area (Å²) in [5.41, 5.74) is 2.54. The van der Waals surface area contributed by atoms with Crippen molar-refractivity contribution in [2.75, 3.05) is 12.4 Å². The summed E-state index contributed by atoms with van der Waals surface area (Å²) in [6, 6.07) is 0. The average molecular weight is 333 g/mol. The molecule has 0 spiro atoms. The summed E-state index contributed by atoms with van der Waals surface area (Å²) in [4.78, 5) is 24.2. The zero-order valence-corrected chi connectivity index (χ0v) is 14.0. The lowest BCUT2D eigenvalue weighted by Crippen LogP contribution is -2.14. The molecule has 2 aromatic heterocycles. The Kier molecular flexibility index (Phi) is 4.47. The van der Waals surface area contributed by atoms with Crippen LogP contribution in [0.4, 0.5) is 5.00 Å². The van der Waals surface area contributed by atoms with Crippen LogP contribution in [0.25, 0.3) is 0 Å². The van der Waals surface area contributed by atoms with Crippen LogP contribution < -0.4 is 5.32 Å². The van der Waals surface area contributed by atoms with Gasteiger partial charge in [0.1, 0.15) is 5.00 Å². The minimum Gasteiger partial charge on any atom is -0.465 e. The molecule has 0 saturated heterocycles. The molecule has 0 atom stereocenters. The van der Waals surface area contributed by atoms with E-state index in [2.05, 4.69) is 10.4 Å². The van der Waals surface area contributed by atoms with Crippen LogP contribution in [0.2, 0.25) is 0 Å². The van der Waals surface area contributed by atoms with Crippen LogP contribution in [0.15, 0.2) is 17.8 Å². The zero-order valence-electron chi connectivity index (χ0n) is 13.2. The summed E-state index contributed by atoms with van der Waals surface area (Å²) in [5, 5.41) is 9.49. The van der Waals surface area contributed by atoms with Crippen LogP contribution in [0, 0.1) is 0 Å². The number of aromatic nitrogens is 2. The number of amides is 1. The molecule has 0 aromatic carbocycles. The van der Waals surface area contributed by atoms with Crippen molar-refractivity contribution in [1.82, 2.24) is 9.78 Å². The number of anilines is 1. The number of esters is 1. The molecule has 7 heteroatoms. The van der Waals surface area contributed by atoms with Gasteiger partial charge in [-0.05, 0) is 41.7 Å². The molecule has 6 nitrogen and oxygen atoms in total. The van der Waals surface area contributed by atoms with Gasteiger partial charge >= 0.3 is 5.97 Å². The van der Waals surface area contributed by atoms with Crippen molar-refractivity contribution in [3.63, 3.8) is 0 Å². The molecule has 23 heavy (non-hydrogen) atoms. The number of nitrogens with zero attached hydrogens (tertiary/aromatic N) is 2. The highest BCUT2D eigenvalue weighted by Gasteiger charge is 2.32.